The van der Waals surface area contributed by atoms with Gasteiger partial charge < -0.3 is 42.1 Å². The predicted molar refractivity (Wildman–Crippen MR) is 122 cm³/mol. The van der Waals surface area contributed by atoms with Crippen molar-refractivity contribution in [2.24, 2.45) is 11.7 Å². The molecule has 0 aliphatic carbocycles. The zero-order chi connectivity index (χ0) is 26.7. The Morgan fingerprint density at radius 3 is 1.86 bits per heavy atom. The Labute approximate surface area is 201 Å². The topological polar surface area (TPSA) is 228 Å². The predicted octanol–water partition coefficient (Wildman–Crippen LogP) is -1.69. The van der Waals surface area contributed by atoms with Gasteiger partial charge in [-0.05, 0) is 36.5 Å². The Balaban J connectivity index is 2.84. The highest BCUT2D eigenvalue weighted by Crippen LogP contribution is 2.11. The number of carboxylic acid groups (broad SMARTS) is 2. The minimum atomic E-state index is -1.71. The largest absolute Gasteiger partial charge is 0.508 e. The fourth-order valence-corrected chi connectivity index (χ4v) is 3.07. The smallest absolute Gasteiger partial charge is 0.326 e. The van der Waals surface area contributed by atoms with Crippen LogP contribution in [0.3, 0.4) is 0 Å². The van der Waals surface area contributed by atoms with Crippen LogP contribution in [0.1, 0.15) is 32.3 Å². The van der Waals surface area contributed by atoms with Crippen LogP contribution in [0.2, 0.25) is 0 Å². The molecular formula is C22H32N4O9. The number of hydrogen-bond donors (Lipinski definition) is 8. The van der Waals surface area contributed by atoms with Gasteiger partial charge in [0.2, 0.25) is 17.7 Å². The number of nitrogens with two attached hydrogens (primary N) is 1. The molecule has 0 spiro atoms. The Bertz CT molecular complexity index is 905. The second-order valence-electron chi connectivity index (χ2n) is 8.41. The van der Waals surface area contributed by atoms with E-state index in [1.165, 1.54) is 12.1 Å². The van der Waals surface area contributed by atoms with Crippen molar-refractivity contribution in [3.05, 3.63) is 29.8 Å². The number of rotatable bonds is 14. The van der Waals surface area contributed by atoms with Crippen LogP contribution in [0.4, 0.5) is 0 Å². The summed E-state index contributed by atoms with van der Waals surface area (Å²) in [6, 6.07) is 0.497. The van der Waals surface area contributed by atoms with Gasteiger partial charge in [-0.15, -0.1) is 0 Å². The van der Waals surface area contributed by atoms with E-state index in [1.54, 1.807) is 26.0 Å². The number of amides is 3. The molecular weight excluding hydrogens is 464 g/mol. The van der Waals surface area contributed by atoms with Gasteiger partial charge in [-0.2, -0.15) is 0 Å². The summed E-state index contributed by atoms with van der Waals surface area (Å²) < 4.78 is 0. The maximum atomic E-state index is 12.7. The lowest BCUT2D eigenvalue weighted by atomic mass is 10.0. The summed E-state index contributed by atoms with van der Waals surface area (Å²) >= 11 is 0. The van der Waals surface area contributed by atoms with Gasteiger partial charge in [0.05, 0.1) is 19.1 Å². The van der Waals surface area contributed by atoms with Gasteiger partial charge in [-0.1, -0.05) is 26.0 Å². The van der Waals surface area contributed by atoms with Crippen LogP contribution < -0.4 is 21.7 Å². The number of phenolic OH excluding ortho intramolecular Hbond substituents is 1. The quantitative estimate of drug-likeness (QED) is 0.146. The molecule has 0 heterocycles. The summed E-state index contributed by atoms with van der Waals surface area (Å²) in [7, 11) is 0. The number of carbonyl (C=O) groups excluding carboxylic acids is 3. The van der Waals surface area contributed by atoms with E-state index in [9.17, 15) is 34.2 Å². The molecule has 0 saturated heterocycles. The molecule has 4 atom stereocenters. The van der Waals surface area contributed by atoms with E-state index in [-0.39, 0.29) is 24.5 Å². The number of aromatic hydroxyl groups is 1. The van der Waals surface area contributed by atoms with Crippen LogP contribution in [-0.4, -0.2) is 80.9 Å². The van der Waals surface area contributed by atoms with Crippen molar-refractivity contribution < 1.29 is 44.4 Å². The Hall–Kier alpha value is -3.71. The van der Waals surface area contributed by atoms with E-state index >= 15 is 0 Å². The standard InChI is InChI=1S/C22H32N4O9/c1-11(2)7-15(20(32)25-16(22(34)35)9-18(29)30)24-21(33)17(10-27)26-19(31)14(23)8-12-3-5-13(28)6-4-12/h3-6,11,14-17,27-28H,7-10,23H2,1-2H3,(H,24,33)(H,25,32)(H,26,31)(H,29,30)(H,34,35). The molecule has 3 amide bonds. The number of aliphatic carboxylic acids is 2. The molecule has 35 heavy (non-hydrogen) atoms. The van der Waals surface area contributed by atoms with Crippen LogP contribution in [0.5, 0.6) is 5.75 Å². The Morgan fingerprint density at radius 2 is 1.37 bits per heavy atom. The van der Waals surface area contributed by atoms with Crippen molar-refractivity contribution in [2.75, 3.05) is 6.61 Å². The molecule has 4 unspecified atom stereocenters. The molecule has 13 nitrogen and oxygen atoms in total. The number of aliphatic hydroxyl groups excluding tert-OH is 1. The van der Waals surface area contributed by atoms with Crippen LogP contribution in [0.25, 0.3) is 0 Å². The van der Waals surface area contributed by atoms with E-state index in [0.29, 0.717) is 5.56 Å². The van der Waals surface area contributed by atoms with Gasteiger partial charge >= 0.3 is 11.9 Å². The Kier molecular flexibility index (Phi) is 11.6. The number of benzene rings is 1. The third-order valence-electron chi connectivity index (χ3n) is 4.88. The maximum absolute atomic E-state index is 12.7. The van der Waals surface area contributed by atoms with Crippen LogP contribution >= 0.6 is 0 Å². The number of carboxylic acids is 2. The van der Waals surface area contributed by atoms with E-state index in [4.69, 9.17) is 15.9 Å². The summed E-state index contributed by atoms with van der Waals surface area (Å²) in [4.78, 5) is 59.8. The first-order valence-corrected chi connectivity index (χ1v) is 10.8. The van der Waals surface area contributed by atoms with Gasteiger partial charge in [-0.25, -0.2) is 4.79 Å². The van der Waals surface area contributed by atoms with Crippen molar-refractivity contribution in [3.8, 4) is 5.75 Å². The van der Waals surface area contributed by atoms with Crippen LogP contribution in [0, 0.1) is 5.92 Å². The number of nitrogens with one attached hydrogen (secondary N) is 3. The third kappa shape index (κ3) is 10.4. The molecule has 0 fully saturated rings. The highest BCUT2D eigenvalue weighted by Gasteiger charge is 2.31. The molecule has 9 N–H and O–H groups in total. The van der Waals surface area contributed by atoms with E-state index < -0.39 is 66.9 Å². The molecule has 1 rings (SSSR count). The van der Waals surface area contributed by atoms with E-state index in [1.807, 2.05) is 0 Å². The molecule has 0 radical (unpaired) electrons. The summed E-state index contributed by atoms with van der Waals surface area (Å²) in [5.74, 6) is -5.66. The minimum Gasteiger partial charge on any atom is -0.508 e. The number of carbonyl (C=O) groups is 5. The zero-order valence-corrected chi connectivity index (χ0v) is 19.4. The van der Waals surface area contributed by atoms with Gasteiger partial charge in [0.25, 0.3) is 0 Å². The number of hydrogen-bond acceptors (Lipinski definition) is 8. The normalized spacial score (nSPS) is 14.3. The summed E-state index contributed by atoms with van der Waals surface area (Å²) in [5, 5.41) is 43.7. The van der Waals surface area contributed by atoms with Gasteiger partial charge in [0, 0.05) is 0 Å². The molecule has 1 aromatic rings. The first-order chi connectivity index (χ1) is 16.3. The average molecular weight is 497 g/mol. The lowest BCUT2D eigenvalue weighted by Gasteiger charge is -2.25. The molecule has 0 saturated carbocycles. The zero-order valence-electron chi connectivity index (χ0n) is 19.4. The average Bonchev–Trinajstić information content (AvgIpc) is 2.76. The lowest BCUT2D eigenvalue weighted by molar-refractivity contribution is -0.147. The fraction of sp³-hybridized carbons (Fsp3) is 0.500. The first-order valence-electron chi connectivity index (χ1n) is 10.8. The van der Waals surface area contributed by atoms with Crippen molar-refractivity contribution in [1.82, 2.24) is 16.0 Å². The van der Waals surface area contributed by atoms with Gasteiger partial charge in [-0.3, -0.25) is 19.2 Å². The fourth-order valence-electron chi connectivity index (χ4n) is 3.07. The SMILES string of the molecule is CC(C)CC(NC(=O)C(CO)NC(=O)C(N)Cc1ccc(O)cc1)C(=O)NC(CC(=O)O)C(=O)O. The highest BCUT2D eigenvalue weighted by molar-refractivity contribution is 5.94. The highest BCUT2D eigenvalue weighted by atomic mass is 16.4. The maximum Gasteiger partial charge on any atom is 0.326 e. The van der Waals surface area contributed by atoms with E-state index in [2.05, 4.69) is 16.0 Å². The second-order valence-corrected chi connectivity index (χ2v) is 8.41. The lowest BCUT2D eigenvalue weighted by Crippen LogP contribution is -2.58. The summed E-state index contributed by atoms with van der Waals surface area (Å²) in [6.07, 6.45) is -0.703. The van der Waals surface area contributed by atoms with Crippen molar-refractivity contribution >= 4 is 29.7 Å². The first kappa shape index (κ1) is 29.3. The molecule has 0 aliphatic heterocycles. The Morgan fingerprint density at radius 1 is 0.857 bits per heavy atom. The third-order valence-corrected chi connectivity index (χ3v) is 4.88. The number of phenols is 1. The van der Waals surface area contributed by atoms with Crippen LogP contribution in [-0.2, 0) is 30.4 Å². The van der Waals surface area contributed by atoms with Crippen molar-refractivity contribution in [3.63, 3.8) is 0 Å². The summed E-state index contributed by atoms with van der Waals surface area (Å²) in [5.41, 5.74) is 6.52. The molecule has 0 aliphatic rings. The molecule has 194 valence electrons. The van der Waals surface area contributed by atoms with Gasteiger partial charge in [0.15, 0.2) is 0 Å². The second kappa shape index (κ2) is 13.9. The van der Waals surface area contributed by atoms with Crippen LogP contribution in [0.15, 0.2) is 24.3 Å². The molecule has 0 aromatic heterocycles. The molecule has 13 heteroatoms. The van der Waals surface area contributed by atoms with E-state index in [0.717, 1.165) is 0 Å². The molecule has 1 aromatic carbocycles. The molecule has 0 bridgehead atoms. The van der Waals surface area contributed by atoms with Crippen molar-refractivity contribution in [2.45, 2.75) is 57.3 Å². The van der Waals surface area contributed by atoms with Gasteiger partial charge in [0.1, 0.15) is 23.9 Å². The summed E-state index contributed by atoms with van der Waals surface area (Å²) in [6.45, 7) is 2.67. The van der Waals surface area contributed by atoms with Crippen molar-refractivity contribution in [1.29, 1.82) is 0 Å². The minimum absolute atomic E-state index is 0.0430. The number of aliphatic hydroxyl groups is 1. The monoisotopic (exact) mass is 496 g/mol.